The third kappa shape index (κ3) is 3.17. The minimum Gasteiger partial charge on any atom is -0.384 e. The van der Waals surface area contributed by atoms with Crippen molar-refractivity contribution < 1.29 is 4.74 Å². The quantitative estimate of drug-likeness (QED) is 0.787. The second kappa shape index (κ2) is 4.83. The lowest BCUT2D eigenvalue weighted by molar-refractivity contribution is 0.203. The summed E-state index contributed by atoms with van der Waals surface area (Å²) < 4.78 is 6.25. The monoisotopic (exact) mass is 218 g/mol. The van der Waals surface area contributed by atoms with Crippen LogP contribution in [-0.4, -0.2) is 24.0 Å². The molecule has 1 aromatic rings. The average molecular weight is 218 g/mol. The van der Waals surface area contributed by atoms with Gasteiger partial charge in [0.1, 0.15) is 0 Å². The van der Waals surface area contributed by atoms with Crippen LogP contribution in [0.15, 0.2) is 4.21 Å². The second-order valence-corrected chi connectivity index (χ2v) is 5.55. The summed E-state index contributed by atoms with van der Waals surface area (Å²) in [5.74, 6) is 0. The molecule has 0 aromatic carbocycles. The topological polar surface area (TPSA) is 48.1 Å². The van der Waals surface area contributed by atoms with Crippen molar-refractivity contribution in [1.29, 1.82) is 0 Å². The molecule has 2 N–H and O–H groups in total. The van der Waals surface area contributed by atoms with Crippen LogP contribution in [-0.2, 0) is 4.74 Å². The highest BCUT2D eigenvalue weighted by atomic mass is 32.2. The van der Waals surface area contributed by atoms with Gasteiger partial charge in [0.2, 0.25) is 0 Å². The zero-order chi connectivity index (χ0) is 9.84. The van der Waals surface area contributed by atoms with Gasteiger partial charge in [0.25, 0.3) is 0 Å². The molecule has 0 amide bonds. The van der Waals surface area contributed by atoms with Gasteiger partial charge in [-0.2, -0.15) is 0 Å². The number of ether oxygens (including phenoxy) is 1. The Balaban J connectivity index is 2.57. The Hall–Kier alpha value is -0.260. The van der Waals surface area contributed by atoms with E-state index in [1.165, 1.54) is 4.21 Å². The van der Waals surface area contributed by atoms with Crippen molar-refractivity contribution in [2.45, 2.75) is 23.3 Å². The van der Waals surface area contributed by atoms with E-state index < -0.39 is 0 Å². The minimum atomic E-state index is 0.448. The lowest BCUT2D eigenvalue weighted by Gasteiger charge is -2.07. The number of nitrogens with two attached hydrogens (primary N) is 1. The summed E-state index contributed by atoms with van der Waals surface area (Å²) in [6.45, 7) is 4.86. The number of nitrogen functional groups attached to an aromatic ring is 1. The smallest absolute Gasteiger partial charge is 0.181 e. The summed E-state index contributed by atoms with van der Waals surface area (Å²) in [4.78, 5) is 4.16. The van der Waals surface area contributed by atoms with Crippen molar-refractivity contribution in [3.05, 3.63) is 5.69 Å². The molecule has 0 spiro atoms. The van der Waals surface area contributed by atoms with Gasteiger partial charge in [-0.3, -0.25) is 0 Å². The Kier molecular flexibility index (Phi) is 4.02. The predicted molar refractivity (Wildman–Crippen MR) is 58.5 cm³/mol. The molecule has 13 heavy (non-hydrogen) atoms. The summed E-state index contributed by atoms with van der Waals surface area (Å²) in [5.41, 5.74) is 6.62. The molecule has 0 saturated heterocycles. The van der Waals surface area contributed by atoms with Gasteiger partial charge in [0, 0.05) is 12.4 Å². The van der Waals surface area contributed by atoms with Gasteiger partial charge in [-0.05, 0) is 6.92 Å². The number of methoxy groups -OCH3 is 1. The molecule has 1 heterocycles. The normalized spacial score (nSPS) is 13.2. The highest BCUT2D eigenvalue weighted by Crippen LogP contribution is 2.33. The van der Waals surface area contributed by atoms with E-state index in [0.717, 1.165) is 12.3 Å². The van der Waals surface area contributed by atoms with Crippen LogP contribution >= 0.6 is 23.1 Å². The summed E-state index contributed by atoms with van der Waals surface area (Å²) in [7, 11) is 1.71. The zero-order valence-corrected chi connectivity index (χ0v) is 9.67. The average Bonchev–Trinajstić information content (AvgIpc) is 2.30. The van der Waals surface area contributed by atoms with Crippen LogP contribution in [0.1, 0.15) is 12.6 Å². The molecule has 5 heteroatoms. The van der Waals surface area contributed by atoms with E-state index in [1.54, 1.807) is 30.2 Å². The lowest BCUT2D eigenvalue weighted by atomic mass is 10.5. The van der Waals surface area contributed by atoms with E-state index in [1.807, 2.05) is 6.92 Å². The molecule has 0 saturated carbocycles. The maximum Gasteiger partial charge on any atom is 0.181 e. The van der Waals surface area contributed by atoms with Crippen LogP contribution in [0.4, 0.5) is 5.13 Å². The maximum absolute atomic E-state index is 5.59. The molecule has 0 aliphatic rings. The van der Waals surface area contributed by atoms with E-state index in [9.17, 15) is 0 Å². The Bertz CT molecular complexity index is 275. The van der Waals surface area contributed by atoms with Crippen molar-refractivity contribution in [3.63, 3.8) is 0 Å². The first-order valence-electron chi connectivity index (χ1n) is 4.02. The molecule has 1 rings (SSSR count). The number of aromatic nitrogens is 1. The zero-order valence-electron chi connectivity index (χ0n) is 8.03. The van der Waals surface area contributed by atoms with Gasteiger partial charge in [0.15, 0.2) is 5.13 Å². The largest absolute Gasteiger partial charge is 0.384 e. The first-order valence-corrected chi connectivity index (χ1v) is 5.71. The highest BCUT2D eigenvalue weighted by Gasteiger charge is 2.10. The van der Waals surface area contributed by atoms with Gasteiger partial charge in [-0.25, -0.2) is 4.98 Å². The first kappa shape index (κ1) is 10.8. The van der Waals surface area contributed by atoms with Crippen molar-refractivity contribution >= 4 is 28.2 Å². The van der Waals surface area contributed by atoms with Gasteiger partial charge in [-0.15, -0.1) is 11.8 Å². The van der Waals surface area contributed by atoms with Crippen LogP contribution in [0.5, 0.6) is 0 Å². The van der Waals surface area contributed by atoms with Gasteiger partial charge in [-0.1, -0.05) is 18.3 Å². The van der Waals surface area contributed by atoms with E-state index in [4.69, 9.17) is 10.5 Å². The van der Waals surface area contributed by atoms with Crippen LogP contribution in [0.3, 0.4) is 0 Å². The third-order valence-corrected chi connectivity index (χ3v) is 3.85. The number of hydrogen-bond acceptors (Lipinski definition) is 5. The van der Waals surface area contributed by atoms with Gasteiger partial charge in [0.05, 0.1) is 16.5 Å². The number of thiazole rings is 1. The van der Waals surface area contributed by atoms with E-state index in [0.29, 0.717) is 10.4 Å². The van der Waals surface area contributed by atoms with Crippen LogP contribution in [0.2, 0.25) is 0 Å². The molecule has 0 bridgehead atoms. The number of rotatable bonds is 4. The third-order valence-electron chi connectivity index (χ3n) is 1.48. The van der Waals surface area contributed by atoms with E-state index in [-0.39, 0.29) is 0 Å². The fourth-order valence-corrected chi connectivity index (χ4v) is 3.26. The van der Waals surface area contributed by atoms with Gasteiger partial charge < -0.3 is 10.5 Å². The number of hydrogen-bond donors (Lipinski definition) is 1. The standard InChI is InChI=1S/C8H14N2OS2/c1-5(4-11-3)12-7-6(2)10-8(9)13-7/h5H,4H2,1-3H3,(H2,9,10). The first-order chi connectivity index (χ1) is 6.13. The van der Waals surface area contributed by atoms with Crippen molar-refractivity contribution in [3.8, 4) is 0 Å². The number of thioether (sulfide) groups is 1. The summed E-state index contributed by atoms with van der Waals surface area (Å²) in [5, 5.41) is 1.09. The van der Waals surface area contributed by atoms with Gasteiger partial charge >= 0.3 is 0 Å². The minimum absolute atomic E-state index is 0.448. The van der Waals surface area contributed by atoms with Crippen LogP contribution < -0.4 is 5.73 Å². The highest BCUT2D eigenvalue weighted by molar-refractivity contribution is 8.01. The molecule has 0 fully saturated rings. The number of anilines is 1. The Morgan fingerprint density at radius 2 is 2.38 bits per heavy atom. The lowest BCUT2D eigenvalue weighted by Crippen LogP contribution is -2.04. The summed E-state index contributed by atoms with van der Waals surface area (Å²) in [6.07, 6.45) is 0. The summed E-state index contributed by atoms with van der Waals surface area (Å²) >= 11 is 3.31. The van der Waals surface area contributed by atoms with Crippen molar-refractivity contribution in [2.24, 2.45) is 0 Å². The fourth-order valence-electron chi connectivity index (χ4n) is 0.963. The second-order valence-electron chi connectivity index (χ2n) is 2.81. The Labute approximate surface area is 86.7 Å². The van der Waals surface area contributed by atoms with E-state index >= 15 is 0 Å². The number of nitrogens with zero attached hydrogens (tertiary/aromatic N) is 1. The predicted octanol–water partition coefficient (Wildman–Crippen LogP) is 2.16. The SMILES string of the molecule is COCC(C)Sc1sc(N)nc1C. The number of aryl methyl sites for hydroxylation is 1. The Morgan fingerprint density at radius 3 is 2.85 bits per heavy atom. The molecule has 74 valence electrons. The van der Waals surface area contributed by atoms with Crippen molar-refractivity contribution in [2.75, 3.05) is 19.5 Å². The fraction of sp³-hybridized carbons (Fsp3) is 0.625. The molecule has 1 unspecified atom stereocenters. The maximum atomic E-state index is 5.59. The van der Waals surface area contributed by atoms with Crippen LogP contribution in [0, 0.1) is 6.92 Å². The van der Waals surface area contributed by atoms with E-state index in [2.05, 4.69) is 11.9 Å². The molecule has 0 aliphatic heterocycles. The molecule has 3 nitrogen and oxygen atoms in total. The molecule has 0 aliphatic carbocycles. The molecular weight excluding hydrogens is 204 g/mol. The Morgan fingerprint density at radius 1 is 1.69 bits per heavy atom. The molecule has 1 atom stereocenters. The van der Waals surface area contributed by atoms with Crippen LogP contribution in [0.25, 0.3) is 0 Å². The summed E-state index contributed by atoms with van der Waals surface area (Å²) in [6, 6.07) is 0. The molecular formula is C8H14N2OS2. The molecule has 1 aromatic heterocycles. The molecule has 0 radical (unpaired) electrons. The van der Waals surface area contributed by atoms with Crippen molar-refractivity contribution in [1.82, 2.24) is 4.98 Å².